The Hall–Kier alpha value is -3.60. The van der Waals surface area contributed by atoms with Crippen molar-refractivity contribution in [2.24, 2.45) is 0 Å². The highest BCUT2D eigenvalue weighted by Crippen LogP contribution is 2.28. The van der Waals surface area contributed by atoms with Crippen LogP contribution in [0.25, 0.3) is 0 Å². The maximum atomic E-state index is 11.8. The molecule has 142 valence electrons. The van der Waals surface area contributed by atoms with Crippen LogP contribution < -0.4 is 20.1 Å². The minimum atomic E-state index is -1.75. The van der Waals surface area contributed by atoms with Gasteiger partial charge in [-0.1, -0.05) is 0 Å². The molecule has 0 aliphatic heterocycles. The zero-order chi connectivity index (χ0) is 20.0. The molecule has 0 atom stereocenters. The van der Waals surface area contributed by atoms with Gasteiger partial charge in [-0.05, 0) is 30.3 Å². The second-order valence-electron chi connectivity index (χ2n) is 4.94. The molecule has 0 saturated heterocycles. The van der Waals surface area contributed by atoms with Crippen LogP contribution in [0.1, 0.15) is 15.2 Å². The highest BCUT2D eigenvalue weighted by atomic mass is 32.1. The van der Waals surface area contributed by atoms with E-state index in [0.29, 0.717) is 10.6 Å². The number of carbonyl (C=O) groups excluding carboxylic acids is 2. The van der Waals surface area contributed by atoms with Gasteiger partial charge in [-0.25, -0.2) is 14.4 Å². The number of carbonyl (C=O) groups is 4. The lowest BCUT2D eigenvalue weighted by atomic mass is 10.3. The summed E-state index contributed by atoms with van der Waals surface area (Å²) in [7, 11) is 1.50. The van der Waals surface area contributed by atoms with Crippen LogP contribution >= 0.6 is 11.3 Å². The van der Waals surface area contributed by atoms with Crippen LogP contribution in [0, 0.1) is 0 Å². The topological polar surface area (TPSA) is 151 Å². The van der Waals surface area contributed by atoms with Crippen LogP contribution in [0.3, 0.4) is 0 Å². The number of aliphatic carboxylic acids is 1. The van der Waals surface area contributed by atoms with Gasteiger partial charge in [-0.2, -0.15) is 0 Å². The normalized spacial score (nSPS) is 9.96. The first-order chi connectivity index (χ1) is 12.8. The van der Waals surface area contributed by atoms with Crippen LogP contribution in [-0.4, -0.2) is 41.3 Å². The molecule has 0 aliphatic rings. The van der Waals surface area contributed by atoms with Gasteiger partial charge in [-0.15, -0.1) is 11.3 Å². The minimum Gasteiger partial charge on any atom is -0.497 e. The van der Waals surface area contributed by atoms with Crippen molar-refractivity contribution < 1.29 is 38.9 Å². The Balaban J connectivity index is 1.99. The minimum absolute atomic E-state index is 0.0805. The predicted octanol–water partition coefficient (Wildman–Crippen LogP) is 1.77. The van der Waals surface area contributed by atoms with Crippen molar-refractivity contribution in [3.8, 4) is 11.5 Å². The number of ether oxygens (including phenoxy) is 2. The molecule has 0 radical (unpaired) electrons. The lowest BCUT2D eigenvalue weighted by molar-refractivity contribution is -0.147. The number of amides is 2. The summed E-state index contributed by atoms with van der Waals surface area (Å²) in [6.45, 7) is -0.0805. The summed E-state index contributed by atoms with van der Waals surface area (Å²) in [5, 5.41) is 22.0. The average molecular weight is 394 g/mol. The van der Waals surface area contributed by atoms with E-state index in [2.05, 4.69) is 5.32 Å². The standard InChI is InChI=1S/C16H14N2O8S/c1-25-8-2-4-9(5-3-8)26-16(24)17-7-10-6-11(14(20)21)13(27-10)18-12(19)15(22)23/h2-6H,7H2,1H3,(H,17,24)(H,18,19)(H,20,21)(H,22,23). The molecular weight excluding hydrogens is 380 g/mol. The number of carboxylic acid groups (broad SMARTS) is 2. The Morgan fingerprint density at radius 3 is 2.26 bits per heavy atom. The second kappa shape index (κ2) is 8.67. The van der Waals surface area contributed by atoms with Gasteiger partial charge in [0.1, 0.15) is 16.5 Å². The predicted molar refractivity (Wildman–Crippen MR) is 93.4 cm³/mol. The molecule has 27 heavy (non-hydrogen) atoms. The van der Waals surface area contributed by atoms with E-state index in [-0.39, 0.29) is 22.9 Å². The van der Waals surface area contributed by atoms with E-state index in [1.54, 1.807) is 12.1 Å². The summed E-state index contributed by atoms with van der Waals surface area (Å²) in [5.74, 6) is -3.59. The number of thiophene rings is 1. The summed E-state index contributed by atoms with van der Waals surface area (Å²) < 4.78 is 10.0. The van der Waals surface area contributed by atoms with Gasteiger partial charge in [0.05, 0.1) is 19.2 Å². The van der Waals surface area contributed by atoms with Crippen LogP contribution in [-0.2, 0) is 16.1 Å². The number of rotatable bonds is 6. The molecule has 2 rings (SSSR count). The van der Waals surface area contributed by atoms with Crippen molar-refractivity contribution in [2.75, 3.05) is 12.4 Å². The second-order valence-corrected chi connectivity index (χ2v) is 6.08. The number of methoxy groups -OCH3 is 1. The molecule has 0 aliphatic carbocycles. The van der Waals surface area contributed by atoms with Crippen LogP contribution in [0.5, 0.6) is 11.5 Å². The molecular formula is C16H14N2O8S. The van der Waals surface area contributed by atoms with Crippen molar-refractivity contribution >= 4 is 40.3 Å². The third kappa shape index (κ3) is 5.44. The fourth-order valence-corrected chi connectivity index (χ4v) is 2.87. The number of carboxylic acids is 2. The molecule has 0 spiro atoms. The van der Waals surface area contributed by atoms with Gasteiger partial charge in [0, 0.05) is 4.88 Å². The summed E-state index contributed by atoms with van der Waals surface area (Å²) in [4.78, 5) is 45.2. The van der Waals surface area contributed by atoms with Crippen molar-refractivity contribution in [3.05, 3.63) is 40.8 Å². The summed E-state index contributed by atoms with van der Waals surface area (Å²) in [6, 6.07) is 7.51. The Morgan fingerprint density at radius 1 is 1.07 bits per heavy atom. The number of aromatic carboxylic acids is 1. The maximum absolute atomic E-state index is 11.8. The first-order valence-corrected chi connectivity index (χ1v) is 8.11. The fraction of sp³-hybridized carbons (Fsp3) is 0.125. The SMILES string of the molecule is COc1ccc(OC(=O)NCc2cc(C(=O)O)c(NC(=O)C(=O)O)s2)cc1. The molecule has 4 N–H and O–H groups in total. The van der Waals surface area contributed by atoms with Crippen LogP contribution in [0.4, 0.5) is 9.80 Å². The molecule has 1 aromatic heterocycles. The first kappa shape index (κ1) is 19.7. The third-order valence-electron chi connectivity index (χ3n) is 3.11. The molecule has 2 amide bonds. The summed E-state index contributed by atoms with van der Waals surface area (Å²) >= 11 is 0.824. The van der Waals surface area contributed by atoms with E-state index in [4.69, 9.17) is 19.7 Å². The lowest BCUT2D eigenvalue weighted by Gasteiger charge is -2.06. The van der Waals surface area contributed by atoms with Gasteiger partial charge in [0.25, 0.3) is 0 Å². The van der Waals surface area contributed by atoms with Gasteiger partial charge in [0.2, 0.25) is 0 Å². The molecule has 0 fully saturated rings. The highest BCUT2D eigenvalue weighted by molar-refractivity contribution is 7.16. The Kier molecular flexibility index (Phi) is 6.33. The molecule has 0 unspecified atom stereocenters. The number of hydrogen-bond donors (Lipinski definition) is 4. The van der Waals surface area contributed by atoms with Gasteiger partial charge in [0.15, 0.2) is 0 Å². The smallest absolute Gasteiger partial charge is 0.412 e. The molecule has 0 saturated carbocycles. The Labute approximate surface area is 156 Å². The zero-order valence-electron chi connectivity index (χ0n) is 13.8. The summed E-state index contributed by atoms with van der Waals surface area (Å²) in [6.07, 6.45) is -0.776. The van der Waals surface area contributed by atoms with E-state index in [9.17, 15) is 19.2 Å². The molecule has 1 heterocycles. The number of nitrogens with one attached hydrogen (secondary N) is 2. The van der Waals surface area contributed by atoms with Crippen molar-refractivity contribution in [2.45, 2.75) is 6.54 Å². The number of benzene rings is 1. The fourth-order valence-electron chi connectivity index (χ4n) is 1.88. The van der Waals surface area contributed by atoms with Crippen LogP contribution in [0.2, 0.25) is 0 Å². The Morgan fingerprint density at radius 2 is 1.70 bits per heavy atom. The van der Waals surface area contributed by atoms with E-state index in [0.717, 1.165) is 11.3 Å². The highest BCUT2D eigenvalue weighted by Gasteiger charge is 2.20. The van der Waals surface area contributed by atoms with Gasteiger partial charge in [-0.3, -0.25) is 4.79 Å². The Bertz CT molecular complexity index is 875. The quantitative estimate of drug-likeness (QED) is 0.541. The largest absolute Gasteiger partial charge is 0.497 e. The molecule has 0 bridgehead atoms. The van der Waals surface area contributed by atoms with E-state index >= 15 is 0 Å². The molecule has 1 aromatic carbocycles. The van der Waals surface area contributed by atoms with E-state index in [1.165, 1.54) is 25.3 Å². The zero-order valence-corrected chi connectivity index (χ0v) is 14.7. The van der Waals surface area contributed by atoms with E-state index in [1.807, 2.05) is 5.32 Å². The van der Waals surface area contributed by atoms with Gasteiger partial charge < -0.3 is 30.3 Å². The molecule has 11 heteroatoms. The van der Waals surface area contributed by atoms with Crippen molar-refractivity contribution in [1.82, 2.24) is 5.32 Å². The monoisotopic (exact) mass is 394 g/mol. The van der Waals surface area contributed by atoms with Gasteiger partial charge >= 0.3 is 23.9 Å². The van der Waals surface area contributed by atoms with Crippen molar-refractivity contribution in [3.63, 3.8) is 0 Å². The molecule has 2 aromatic rings. The van der Waals surface area contributed by atoms with Crippen LogP contribution in [0.15, 0.2) is 30.3 Å². The average Bonchev–Trinajstić information content (AvgIpc) is 3.03. The lowest BCUT2D eigenvalue weighted by Crippen LogP contribution is -2.25. The van der Waals surface area contributed by atoms with Crippen molar-refractivity contribution in [1.29, 1.82) is 0 Å². The first-order valence-electron chi connectivity index (χ1n) is 7.30. The number of hydrogen-bond acceptors (Lipinski definition) is 7. The summed E-state index contributed by atoms with van der Waals surface area (Å²) in [5.41, 5.74) is -0.282. The molecule has 10 nitrogen and oxygen atoms in total. The third-order valence-corrected chi connectivity index (χ3v) is 4.16. The maximum Gasteiger partial charge on any atom is 0.412 e. The van der Waals surface area contributed by atoms with E-state index < -0.39 is 23.9 Å². The number of anilines is 1.